The normalized spacial score (nSPS) is 11.5. The number of H-pyrrole nitrogens is 1. The van der Waals surface area contributed by atoms with Gasteiger partial charge in [-0.15, -0.1) is 0 Å². The van der Waals surface area contributed by atoms with E-state index in [-0.39, 0.29) is 11.8 Å². The second-order valence-corrected chi connectivity index (χ2v) is 5.67. The average molecular weight is 258 g/mol. The minimum Gasteiger partial charge on any atom is -0.481 e. The molecular formula is C15H18N2O2. The lowest BCUT2D eigenvalue weighted by atomic mass is 9.96. The van der Waals surface area contributed by atoms with Gasteiger partial charge in [-0.05, 0) is 17.2 Å². The maximum atomic E-state index is 10.7. The van der Waals surface area contributed by atoms with Crippen LogP contribution >= 0.6 is 0 Å². The van der Waals surface area contributed by atoms with Crippen molar-refractivity contribution in [1.29, 1.82) is 0 Å². The average Bonchev–Trinajstić information content (AvgIpc) is 2.77. The highest BCUT2D eigenvalue weighted by molar-refractivity contribution is 5.71. The number of benzene rings is 1. The summed E-state index contributed by atoms with van der Waals surface area (Å²) in [6.45, 7) is 6.28. The zero-order valence-corrected chi connectivity index (χ0v) is 11.4. The summed E-state index contributed by atoms with van der Waals surface area (Å²) >= 11 is 0. The second-order valence-electron chi connectivity index (χ2n) is 5.67. The molecule has 100 valence electrons. The second kappa shape index (κ2) is 4.88. The molecule has 0 aliphatic carbocycles. The molecule has 0 fully saturated rings. The number of nitrogens with zero attached hydrogens (tertiary/aromatic N) is 1. The third kappa shape index (κ3) is 3.22. The van der Waals surface area contributed by atoms with E-state index < -0.39 is 5.97 Å². The van der Waals surface area contributed by atoms with Crippen LogP contribution in [-0.2, 0) is 16.6 Å². The van der Waals surface area contributed by atoms with Crippen molar-refractivity contribution in [2.24, 2.45) is 0 Å². The van der Waals surface area contributed by atoms with Crippen molar-refractivity contribution in [3.63, 3.8) is 0 Å². The van der Waals surface area contributed by atoms with Crippen LogP contribution in [0, 0.1) is 0 Å². The lowest BCUT2D eigenvalue weighted by Gasteiger charge is -2.14. The van der Waals surface area contributed by atoms with Gasteiger partial charge in [-0.25, -0.2) is 4.98 Å². The van der Waals surface area contributed by atoms with E-state index in [1.54, 1.807) is 6.20 Å². The fourth-order valence-corrected chi connectivity index (χ4v) is 1.87. The van der Waals surface area contributed by atoms with Gasteiger partial charge in [-0.3, -0.25) is 4.79 Å². The highest BCUT2D eigenvalue weighted by Gasteiger charge is 2.17. The zero-order valence-electron chi connectivity index (χ0n) is 11.4. The molecule has 1 aromatic heterocycles. The molecular weight excluding hydrogens is 240 g/mol. The first-order valence-electron chi connectivity index (χ1n) is 6.23. The van der Waals surface area contributed by atoms with Crippen LogP contribution in [0.25, 0.3) is 11.3 Å². The van der Waals surface area contributed by atoms with Gasteiger partial charge < -0.3 is 10.1 Å². The first-order valence-corrected chi connectivity index (χ1v) is 6.23. The molecule has 0 amide bonds. The van der Waals surface area contributed by atoms with Crippen molar-refractivity contribution in [2.45, 2.75) is 32.6 Å². The van der Waals surface area contributed by atoms with E-state index in [9.17, 15) is 4.79 Å². The van der Waals surface area contributed by atoms with Crippen molar-refractivity contribution in [2.75, 3.05) is 0 Å². The first-order chi connectivity index (χ1) is 8.86. The molecule has 2 aromatic rings. The Kier molecular flexibility index (Phi) is 3.42. The van der Waals surface area contributed by atoms with Gasteiger partial charge in [0.2, 0.25) is 0 Å². The molecule has 19 heavy (non-hydrogen) atoms. The number of aromatic amines is 1. The van der Waals surface area contributed by atoms with Gasteiger partial charge in [0.15, 0.2) is 0 Å². The Labute approximate surface area is 112 Å². The largest absolute Gasteiger partial charge is 0.481 e. The number of carboxylic acids is 1. The van der Waals surface area contributed by atoms with Crippen molar-refractivity contribution >= 4 is 5.97 Å². The van der Waals surface area contributed by atoms with Gasteiger partial charge in [0, 0.05) is 5.41 Å². The van der Waals surface area contributed by atoms with Crippen LogP contribution in [0.5, 0.6) is 0 Å². The molecule has 0 aliphatic heterocycles. The number of hydrogen-bond acceptors (Lipinski definition) is 2. The molecule has 1 heterocycles. The lowest BCUT2D eigenvalue weighted by Crippen LogP contribution is -2.13. The monoisotopic (exact) mass is 258 g/mol. The first kappa shape index (κ1) is 13.3. The van der Waals surface area contributed by atoms with Gasteiger partial charge >= 0.3 is 5.97 Å². The Hall–Kier alpha value is -2.10. The Morgan fingerprint density at radius 1 is 1.37 bits per heavy atom. The molecule has 0 atom stereocenters. The molecule has 0 unspecified atom stereocenters. The number of aliphatic carboxylic acids is 1. The summed E-state index contributed by atoms with van der Waals surface area (Å²) in [4.78, 5) is 18.4. The summed E-state index contributed by atoms with van der Waals surface area (Å²) in [7, 11) is 0. The Morgan fingerprint density at radius 3 is 2.68 bits per heavy atom. The number of aromatic nitrogens is 2. The molecule has 2 rings (SSSR count). The Balaban J connectivity index is 2.31. The number of hydrogen-bond donors (Lipinski definition) is 2. The van der Waals surface area contributed by atoms with E-state index in [0.29, 0.717) is 0 Å². The SMILES string of the molecule is CC(C)(C)c1ncc(-c2cccc(CC(=O)O)c2)[nH]1. The van der Waals surface area contributed by atoms with E-state index in [1.165, 1.54) is 0 Å². The molecule has 0 saturated carbocycles. The fraction of sp³-hybridized carbons (Fsp3) is 0.333. The van der Waals surface area contributed by atoms with Crippen LogP contribution in [0.15, 0.2) is 30.5 Å². The number of carbonyl (C=O) groups is 1. The van der Waals surface area contributed by atoms with E-state index in [1.807, 2.05) is 24.3 Å². The molecule has 4 nitrogen and oxygen atoms in total. The number of nitrogens with one attached hydrogen (secondary N) is 1. The van der Waals surface area contributed by atoms with Crippen LogP contribution in [0.2, 0.25) is 0 Å². The van der Waals surface area contributed by atoms with Gasteiger partial charge in [0.05, 0.1) is 18.3 Å². The predicted molar refractivity (Wildman–Crippen MR) is 74.1 cm³/mol. The van der Waals surface area contributed by atoms with Crippen molar-refractivity contribution in [3.8, 4) is 11.3 Å². The summed E-state index contributed by atoms with van der Waals surface area (Å²) in [5.74, 6) is 0.100. The van der Waals surface area contributed by atoms with Crippen LogP contribution in [0.3, 0.4) is 0 Å². The molecule has 0 aliphatic rings. The van der Waals surface area contributed by atoms with Crippen molar-refractivity contribution < 1.29 is 9.90 Å². The Morgan fingerprint density at radius 2 is 2.11 bits per heavy atom. The van der Waals surface area contributed by atoms with Crippen LogP contribution in [0.1, 0.15) is 32.2 Å². The zero-order chi connectivity index (χ0) is 14.0. The summed E-state index contributed by atoms with van der Waals surface area (Å²) < 4.78 is 0. The highest BCUT2D eigenvalue weighted by atomic mass is 16.4. The van der Waals surface area contributed by atoms with Crippen molar-refractivity contribution in [3.05, 3.63) is 41.9 Å². The van der Waals surface area contributed by atoms with E-state index in [2.05, 4.69) is 30.7 Å². The molecule has 0 radical (unpaired) electrons. The maximum Gasteiger partial charge on any atom is 0.307 e. The minimum atomic E-state index is -0.822. The maximum absolute atomic E-state index is 10.7. The molecule has 2 N–H and O–H groups in total. The quantitative estimate of drug-likeness (QED) is 0.889. The van der Waals surface area contributed by atoms with Gasteiger partial charge in [0.1, 0.15) is 5.82 Å². The smallest absolute Gasteiger partial charge is 0.307 e. The summed E-state index contributed by atoms with van der Waals surface area (Å²) in [6.07, 6.45) is 1.83. The molecule has 0 bridgehead atoms. The number of rotatable bonds is 3. The van der Waals surface area contributed by atoms with Crippen LogP contribution in [0.4, 0.5) is 0 Å². The minimum absolute atomic E-state index is 0.0308. The van der Waals surface area contributed by atoms with Crippen molar-refractivity contribution in [1.82, 2.24) is 9.97 Å². The van der Waals surface area contributed by atoms with Gasteiger partial charge in [0.25, 0.3) is 0 Å². The molecule has 1 aromatic carbocycles. The third-order valence-electron chi connectivity index (χ3n) is 2.88. The topological polar surface area (TPSA) is 66.0 Å². The third-order valence-corrected chi connectivity index (χ3v) is 2.88. The summed E-state index contributed by atoms with van der Waals surface area (Å²) in [6, 6.07) is 7.52. The van der Waals surface area contributed by atoms with E-state index in [4.69, 9.17) is 5.11 Å². The number of carboxylic acid groups (broad SMARTS) is 1. The van der Waals surface area contributed by atoms with E-state index >= 15 is 0 Å². The van der Waals surface area contributed by atoms with Gasteiger partial charge in [-0.1, -0.05) is 39.0 Å². The standard InChI is InChI=1S/C15H18N2O2/c1-15(2,3)14-16-9-12(17-14)11-6-4-5-10(7-11)8-13(18)19/h4-7,9H,8H2,1-3H3,(H,16,17)(H,18,19). The fourth-order valence-electron chi connectivity index (χ4n) is 1.87. The van der Waals surface area contributed by atoms with E-state index in [0.717, 1.165) is 22.6 Å². The Bertz CT molecular complexity index is 594. The highest BCUT2D eigenvalue weighted by Crippen LogP contribution is 2.24. The van der Waals surface area contributed by atoms with Crippen LogP contribution in [-0.4, -0.2) is 21.0 Å². The van der Waals surface area contributed by atoms with Crippen LogP contribution < -0.4 is 0 Å². The molecule has 4 heteroatoms. The summed E-state index contributed by atoms with van der Waals surface area (Å²) in [5, 5.41) is 8.82. The molecule has 0 saturated heterocycles. The lowest BCUT2D eigenvalue weighted by molar-refractivity contribution is -0.136. The van der Waals surface area contributed by atoms with Gasteiger partial charge in [-0.2, -0.15) is 0 Å². The predicted octanol–water partition coefficient (Wildman–Crippen LogP) is 3.00. The number of imidazole rings is 1. The summed E-state index contributed by atoms with van der Waals surface area (Å²) in [5.41, 5.74) is 2.63. The molecule has 0 spiro atoms.